The number of carbonyl (C=O) groups is 2. The van der Waals surface area contributed by atoms with Crippen LogP contribution in [0.1, 0.15) is 79.1 Å². The number of carboxylic acid groups (broad SMARTS) is 1. The van der Waals surface area contributed by atoms with Gasteiger partial charge in [0.2, 0.25) is 0 Å². The van der Waals surface area contributed by atoms with E-state index in [4.69, 9.17) is 4.74 Å². The maximum atomic E-state index is 13.8. The summed E-state index contributed by atoms with van der Waals surface area (Å²) in [6.45, 7) is 14.9. The third-order valence-electron chi connectivity index (χ3n) is 13.2. The molecule has 6 rings (SSSR count). The zero-order chi connectivity index (χ0) is 29.2. The van der Waals surface area contributed by atoms with Gasteiger partial charge in [-0.05, 0) is 100 Å². The molecule has 7 heteroatoms. The number of carbonyl (C=O) groups excluding carboxylic acids is 1. The highest BCUT2D eigenvalue weighted by molar-refractivity contribution is 5.90. The second-order valence-corrected chi connectivity index (χ2v) is 15.1. The number of aliphatic carboxylic acids is 1. The van der Waals surface area contributed by atoms with Gasteiger partial charge in [0.15, 0.2) is 0 Å². The molecule has 0 aromatic heterocycles. The molecule has 2 aliphatic heterocycles. The Balaban J connectivity index is 1.22. The molecule has 230 valence electrons. The van der Waals surface area contributed by atoms with E-state index in [9.17, 15) is 19.8 Å². The maximum Gasteiger partial charge on any atom is 0.315 e. The second-order valence-electron chi connectivity index (χ2n) is 15.1. The van der Waals surface area contributed by atoms with E-state index in [1.54, 1.807) is 0 Å². The van der Waals surface area contributed by atoms with Crippen LogP contribution in [-0.4, -0.2) is 90.4 Å². The highest BCUT2D eigenvalue weighted by Gasteiger charge is 2.86. The first-order valence-electron chi connectivity index (χ1n) is 16.8. The molecule has 0 radical (unpaired) electrons. The number of hydrogen-bond acceptors (Lipinski definition) is 6. The largest absolute Gasteiger partial charge is 0.481 e. The smallest absolute Gasteiger partial charge is 0.315 e. The SMILES string of the molecule is CCN(CCO)CC1CCN(CC2CCC(C34C[C@@H]5[C@H](C)CC[C@H]5C5(C=O)CC3C=C(C(C)C)C45C(=O)O)O2)CC1. The average molecular weight is 571 g/mol. The van der Waals surface area contributed by atoms with Gasteiger partial charge in [0.25, 0.3) is 0 Å². The number of aliphatic hydroxyl groups is 1. The lowest BCUT2D eigenvalue weighted by molar-refractivity contribution is -0.197. The van der Waals surface area contributed by atoms with Crippen molar-refractivity contribution in [3.63, 3.8) is 0 Å². The van der Waals surface area contributed by atoms with Gasteiger partial charge in [-0.3, -0.25) is 4.79 Å². The molecule has 2 N–H and O–H groups in total. The molecule has 4 bridgehead atoms. The Morgan fingerprint density at radius 3 is 2.56 bits per heavy atom. The van der Waals surface area contributed by atoms with Crippen LogP contribution in [0.15, 0.2) is 11.6 Å². The van der Waals surface area contributed by atoms with E-state index in [0.29, 0.717) is 24.2 Å². The van der Waals surface area contributed by atoms with Crippen LogP contribution in [0.3, 0.4) is 0 Å². The zero-order valence-corrected chi connectivity index (χ0v) is 25.9. The number of fused-ring (bicyclic) bond motifs is 2. The molecule has 9 atom stereocenters. The van der Waals surface area contributed by atoms with Crippen LogP contribution >= 0.6 is 0 Å². The van der Waals surface area contributed by atoms with Gasteiger partial charge in [-0.15, -0.1) is 0 Å². The monoisotopic (exact) mass is 570 g/mol. The normalized spacial score (nSPS) is 44.1. The summed E-state index contributed by atoms with van der Waals surface area (Å²) < 4.78 is 7.03. The summed E-state index contributed by atoms with van der Waals surface area (Å²) >= 11 is 0. The molecule has 0 aromatic carbocycles. The molecule has 6 aliphatic rings. The van der Waals surface area contributed by atoms with Crippen molar-refractivity contribution >= 4 is 12.3 Å². The fraction of sp³-hybridized carbons (Fsp3) is 0.882. The van der Waals surface area contributed by atoms with E-state index in [0.717, 1.165) is 83.2 Å². The van der Waals surface area contributed by atoms with Crippen molar-refractivity contribution in [1.82, 2.24) is 9.80 Å². The quantitative estimate of drug-likeness (QED) is 0.280. The Kier molecular flexibility index (Phi) is 8.00. The van der Waals surface area contributed by atoms with E-state index >= 15 is 0 Å². The van der Waals surface area contributed by atoms with E-state index in [1.807, 2.05) is 0 Å². The molecule has 0 aromatic rings. The number of likely N-dealkylation sites (tertiary alicyclic amines) is 1. The number of nitrogens with zero attached hydrogens (tertiary/aromatic N) is 2. The van der Waals surface area contributed by atoms with Gasteiger partial charge >= 0.3 is 5.97 Å². The standard InChI is InChI=1S/C34H54N2O5/c1-5-35(14-15-37)19-24-10-12-36(13-11-24)20-26-7-9-30(41-26)33-18-27-23(4)6-8-28(27)32(21-38)17-25(33)16-29(22(2)3)34(32,33)31(39)40/h16,21-28,30,37H,5-15,17-20H2,1-4H3,(H,39,40)/t23-,25?,26?,27-,28-,30?,32?,33?,34?/m1/s1. The van der Waals surface area contributed by atoms with Crippen LogP contribution in [0.25, 0.3) is 0 Å². The van der Waals surface area contributed by atoms with Gasteiger partial charge in [0, 0.05) is 25.0 Å². The Bertz CT molecular complexity index is 1040. The van der Waals surface area contributed by atoms with Crippen molar-refractivity contribution in [3.8, 4) is 0 Å². The van der Waals surface area contributed by atoms with Gasteiger partial charge in [-0.25, -0.2) is 0 Å². The van der Waals surface area contributed by atoms with Crippen LogP contribution in [0.4, 0.5) is 0 Å². The molecule has 6 unspecified atom stereocenters. The number of likely N-dealkylation sites (N-methyl/N-ethyl adjacent to an activating group) is 1. The minimum Gasteiger partial charge on any atom is -0.481 e. The van der Waals surface area contributed by atoms with E-state index in [2.05, 4.69) is 43.6 Å². The summed E-state index contributed by atoms with van der Waals surface area (Å²) in [5.41, 5.74) is -1.44. The highest BCUT2D eigenvalue weighted by Crippen LogP contribution is 2.84. The number of allylic oxidation sites excluding steroid dienone is 1. The maximum absolute atomic E-state index is 13.8. The third kappa shape index (κ3) is 4.11. The Hall–Kier alpha value is -1.28. The molecule has 4 aliphatic carbocycles. The molecule has 2 saturated heterocycles. The van der Waals surface area contributed by atoms with E-state index in [1.165, 1.54) is 12.8 Å². The summed E-state index contributed by atoms with van der Waals surface area (Å²) in [5, 5.41) is 20.7. The average Bonchev–Trinajstić information content (AvgIpc) is 3.69. The lowest BCUT2D eigenvalue weighted by atomic mass is 9.41. The third-order valence-corrected chi connectivity index (χ3v) is 13.2. The topological polar surface area (TPSA) is 90.3 Å². The second kappa shape index (κ2) is 11.0. The van der Waals surface area contributed by atoms with Crippen molar-refractivity contribution < 1.29 is 24.5 Å². The van der Waals surface area contributed by atoms with E-state index < -0.39 is 22.2 Å². The molecule has 2 heterocycles. The summed E-state index contributed by atoms with van der Waals surface area (Å²) in [6, 6.07) is 0. The molecular formula is C34H54N2O5. The van der Waals surface area contributed by atoms with Crippen molar-refractivity contribution in [2.24, 2.45) is 51.8 Å². The van der Waals surface area contributed by atoms with Crippen LogP contribution in [0.5, 0.6) is 0 Å². The van der Waals surface area contributed by atoms with Gasteiger partial charge in [-0.1, -0.05) is 45.8 Å². The Morgan fingerprint density at radius 1 is 1.17 bits per heavy atom. The zero-order valence-electron chi connectivity index (χ0n) is 25.9. The predicted octanol–water partition coefficient (Wildman–Crippen LogP) is 4.48. The van der Waals surface area contributed by atoms with Crippen LogP contribution in [0.2, 0.25) is 0 Å². The molecular weight excluding hydrogens is 516 g/mol. The van der Waals surface area contributed by atoms with E-state index in [-0.39, 0.29) is 36.6 Å². The van der Waals surface area contributed by atoms with Crippen LogP contribution in [-0.2, 0) is 14.3 Å². The molecule has 5 fully saturated rings. The molecule has 7 nitrogen and oxygen atoms in total. The van der Waals surface area contributed by atoms with Crippen LogP contribution in [0, 0.1) is 51.8 Å². The van der Waals surface area contributed by atoms with Crippen molar-refractivity contribution in [1.29, 1.82) is 0 Å². The first kappa shape index (κ1) is 29.8. The number of piperidine rings is 1. The summed E-state index contributed by atoms with van der Waals surface area (Å²) in [7, 11) is 0. The van der Waals surface area contributed by atoms with Crippen molar-refractivity contribution in [2.45, 2.75) is 91.3 Å². The first-order valence-corrected chi connectivity index (χ1v) is 16.8. The number of hydrogen-bond donors (Lipinski definition) is 2. The number of aliphatic hydroxyl groups excluding tert-OH is 1. The first-order chi connectivity index (χ1) is 19.7. The van der Waals surface area contributed by atoms with Crippen molar-refractivity contribution in [3.05, 3.63) is 11.6 Å². The van der Waals surface area contributed by atoms with Gasteiger partial charge in [0.05, 0.1) is 24.2 Å². The van der Waals surface area contributed by atoms with Crippen LogP contribution < -0.4 is 0 Å². The summed E-state index contributed by atoms with van der Waals surface area (Å²) in [5.74, 6) is 1.24. The molecule has 0 amide bonds. The lowest BCUT2D eigenvalue weighted by Gasteiger charge is -2.60. The summed E-state index contributed by atoms with van der Waals surface area (Å²) in [4.78, 5) is 32.0. The Labute approximate surface area is 247 Å². The number of rotatable bonds is 11. The lowest BCUT2D eigenvalue weighted by Crippen LogP contribution is -2.65. The fourth-order valence-corrected chi connectivity index (χ4v) is 11.6. The Morgan fingerprint density at radius 2 is 1.93 bits per heavy atom. The molecule has 41 heavy (non-hydrogen) atoms. The number of aldehydes is 1. The van der Waals surface area contributed by atoms with Gasteiger partial charge in [-0.2, -0.15) is 0 Å². The predicted molar refractivity (Wildman–Crippen MR) is 158 cm³/mol. The van der Waals surface area contributed by atoms with Gasteiger partial charge < -0.3 is 29.5 Å². The minimum absolute atomic E-state index is 0.102. The highest BCUT2D eigenvalue weighted by atomic mass is 16.5. The minimum atomic E-state index is -1.14. The summed E-state index contributed by atoms with van der Waals surface area (Å²) in [6.07, 6.45) is 11.4. The van der Waals surface area contributed by atoms with Crippen molar-refractivity contribution in [2.75, 3.05) is 45.9 Å². The van der Waals surface area contributed by atoms with Gasteiger partial charge in [0.1, 0.15) is 11.7 Å². The number of ether oxygens (including phenoxy) is 1. The molecule has 0 spiro atoms. The number of carboxylic acids is 1. The fourth-order valence-electron chi connectivity index (χ4n) is 11.6. The molecule has 3 saturated carbocycles.